The van der Waals surface area contributed by atoms with Crippen LogP contribution in [0.3, 0.4) is 0 Å². The Kier molecular flexibility index (Phi) is 13.3. The molecule has 0 spiro atoms. The Morgan fingerprint density at radius 2 is 1.62 bits per heavy atom. The molecule has 1 N–H and O–H groups in total. The first-order chi connectivity index (χ1) is 20.0. The normalized spacial score (nSPS) is 13.8. The number of carbonyl (C=O) groups is 1. The fourth-order valence-corrected chi connectivity index (χ4v) is 6.03. The van der Waals surface area contributed by atoms with E-state index in [0.717, 1.165) is 59.1 Å². The molecule has 0 unspecified atom stereocenters. The zero-order chi connectivity index (χ0) is 29.2. The molecule has 0 aliphatic heterocycles. The molecule has 1 saturated carbocycles. The predicted molar refractivity (Wildman–Crippen MR) is 171 cm³/mol. The maximum Gasteiger partial charge on any atom is 0.162 e. The van der Waals surface area contributed by atoms with Gasteiger partial charge in [-0.05, 0) is 55.0 Å². The Morgan fingerprint density at radius 1 is 0.929 bits per heavy atom. The van der Waals surface area contributed by atoms with E-state index in [9.17, 15) is 9.90 Å². The number of aliphatic hydroxyl groups excluding tert-OH is 1. The fourth-order valence-electron chi connectivity index (χ4n) is 6.03. The van der Waals surface area contributed by atoms with E-state index in [1.165, 1.54) is 49.1 Å². The van der Waals surface area contributed by atoms with Crippen molar-refractivity contribution in [2.45, 2.75) is 85.5 Å². The summed E-state index contributed by atoms with van der Waals surface area (Å²) in [6.45, 7) is 8.07. The molecule has 0 bridgehead atoms. The van der Waals surface area contributed by atoms with Gasteiger partial charge in [-0.2, -0.15) is 0 Å². The summed E-state index contributed by atoms with van der Waals surface area (Å²) in [4.78, 5) is 20.8. The van der Waals surface area contributed by atoms with Gasteiger partial charge in [0.05, 0.1) is 11.3 Å². The van der Waals surface area contributed by atoms with Crippen molar-refractivity contribution in [2.75, 3.05) is 0 Å². The Labute approximate surface area is 265 Å². The van der Waals surface area contributed by atoms with Crippen LogP contribution in [-0.4, -0.2) is 20.9 Å². The van der Waals surface area contributed by atoms with Crippen LogP contribution < -0.4 is 0 Å². The van der Waals surface area contributed by atoms with Gasteiger partial charge < -0.3 is 5.11 Å². The van der Waals surface area contributed by atoms with Gasteiger partial charge in [-0.15, -0.1) is 29.7 Å². The van der Waals surface area contributed by atoms with Crippen LogP contribution in [0.5, 0.6) is 0 Å². The van der Waals surface area contributed by atoms with Crippen molar-refractivity contribution in [2.24, 2.45) is 17.8 Å². The molecular formula is C37H45IrN2O2-. The van der Waals surface area contributed by atoms with E-state index in [4.69, 9.17) is 0 Å². The van der Waals surface area contributed by atoms with Crippen LogP contribution in [0, 0.1) is 23.8 Å². The minimum Gasteiger partial charge on any atom is -0.512 e. The van der Waals surface area contributed by atoms with Gasteiger partial charge in [0.25, 0.3) is 0 Å². The molecule has 1 aliphatic rings. The van der Waals surface area contributed by atoms with E-state index >= 15 is 0 Å². The fraction of sp³-hybridized carbons (Fsp3) is 0.432. The number of aliphatic hydroxyl groups is 1. The number of fused-ring (bicyclic) bond motifs is 2. The van der Waals surface area contributed by atoms with Crippen LogP contribution in [-0.2, 0) is 31.3 Å². The quantitative estimate of drug-likeness (QED) is 0.0999. The van der Waals surface area contributed by atoms with E-state index in [0.29, 0.717) is 0 Å². The van der Waals surface area contributed by atoms with Crippen molar-refractivity contribution < 1.29 is 30.0 Å². The van der Waals surface area contributed by atoms with E-state index in [1.54, 1.807) is 6.33 Å². The van der Waals surface area contributed by atoms with Crippen molar-refractivity contribution in [3.8, 4) is 11.3 Å². The monoisotopic (exact) mass is 742 g/mol. The number of allylic oxidation sites excluding steroid dienone is 2. The molecule has 5 rings (SSSR count). The minimum absolute atomic E-state index is 0. The summed E-state index contributed by atoms with van der Waals surface area (Å²) in [5.74, 6) is 1.40. The van der Waals surface area contributed by atoms with Crippen molar-refractivity contribution >= 4 is 27.5 Å². The van der Waals surface area contributed by atoms with Crippen LogP contribution in [0.2, 0.25) is 0 Å². The third-order valence-electron chi connectivity index (χ3n) is 8.70. The summed E-state index contributed by atoms with van der Waals surface area (Å²) in [5, 5.41) is 13.2. The van der Waals surface area contributed by atoms with Crippen LogP contribution in [0.15, 0.2) is 72.8 Å². The zero-order valence-corrected chi connectivity index (χ0v) is 27.9. The number of nitrogens with zero attached hydrogens (tertiary/aromatic N) is 2. The average molecular weight is 742 g/mol. The van der Waals surface area contributed by atoms with Gasteiger partial charge in [0.15, 0.2) is 5.78 Å². The molecule has 1 aliphatic carbocycles. The smallest absolute Gasteiger partial charge is 0.162 e. The summed E-state index contributed by atoms with van der Waals surface area (Å²) in [7, 11) is 0. The number of ketones is 1. The third kappa shape index (κ3) is 8.58. The summed E-state index contributed by atoms with van der Waals surface area (Å²) < 4.78 is 0. The van der Waals surface area contributed by atoms with E-state index in [2.05, 4.69) is 70.6 Å². The molecule has 0 atom stereocenters. The van der Waals surface area contributed by atoms with Gasteiger partial charge in [0.1, 0.15) is 6.33 Å². The molecule has 1 radical (unpaired) electrons. The molecule has 225 valence electrons. The number of carbonyl (C=O) groups excluding carboxylic acids is 1. The Morgan fingerprint density at radius 3 is 2.31 bits per heavy atom. The molecule has 42 heavy (non-hydrogen) atoms. The third-order valence-corrected chi connectivity index (χ3v) is 8.70. The van der Waals surface area contributed by atoms with Crippen LogP contribution in [0.25, 0.3) is 32.9 Å². The molecule has 3 aromatic carbocycles. The molecular weight excluding hydrogens is 697 g/mol. The number of hydrogen-bond donors (Lipinski definition) is 1. The number of benzene rings is 3. The Bertz CT molecular complexity index is 1470. The van der Waals surface area contributed by atoms with Gasteiger partial charge in [0, 0.05) is 43.7 Å². The molecule has 4 aromatic rings. The SMILES string of the molecule is CCC(CC)C(=O)/C=C(\O)C(CC)CC.[Ir].[c-]1c(-c2ncnc3cc(CC4CCCC4)ccc23)ccc2ccccc12. The van der Waals surface area contributed by atoms with Gasteiger partial charge in [-0.3, -0.25) is 9.78 Å². The van der Waals surface area contributed by atoms with E-state index in [-0.39, 0.29) is 43.5 Å². The summed E-state index contributed by atoms with van der Waals surface area (Å²) in [6, 6.07) is 22.8. The predicted octanol–water partition coefficient (Wildman–Crippen LogP) is 9.85. The second kappa shape index (κ2) is 16.7. The molecule has 1 aromatic heterocycles. The van der Waals surface area contributed by atoms with Crippen molar-refractivity contribution in [1.82, 2.24) is 9.97 Å². The second-order valence-electron chi connectivity index (χ2n) is 11.4. The molecule has 0 amide bonds. The Hall–Kier alpha value is -2.88. The number of aromatic nitrogens is 2. The molecule has 0 saturated heterocycles. The number of rotatable bonds is 10. The molecule has 4 nitrogen and oxygen atoms in total. The first kappa shape index (κ1) is 33.6. The summed E-state index contributed by atoms with van der Waals surface area (Å²) >= 11 is 0. The largest absolute Gasteiger partial charge is 0.512 e. The maximum absolute atomic E-state index is 11.7. The van der Waals surface area contributed by atoms with Crippen LogP contribution in [0.4, 0.5) is 0 Å². The summed E-state index contributed by atoms with van der Waals surface area (Å²) in [5.41, 5.74) is 4.43. The topological polar surface area (TPSA) is 63.1 Å². The van der Waals surface area contributed by atoms with Crippen molar-refractivity contribution in [3.63, 3.8) is 0 Å². The Balaban J connectivity index is 0.000000263. The minimum atomic E-state index is 0. The maximum atomic E-state index is 11.7. The second-order valence-corrected chi connectivity index (χ2v) is 11.4. The van der Waals surface area contributed by atoms with Gasteiger partial charge in [0.2, 0.25) is 0 Å². The van der Waals surface area contributed by atoms with Crippen molar-refractivity contribution in [1.29, 1.82) is 0 Å². The van der Waals surface area contributed by atoms with Gasteiger partial charge in [-0.1, -0.05) is 94.7 Å². The first-order valence-corrected chi connectivity index (χ1v) is 15.6. The van der Waals surface area contributed by atoms with E-state index in [1.807, 2.05) is 27.7 Å². The van der Waals surface area contributed by atoms with Crippen LogP contribution in [0.1, 0.15) is 84.6 Å². The van der Waals surface area contributed by atoms with Crippen molar-refractivity contribution in [3.05, 3.63) is 84.4 Å². The standard InChI is InChI=1S/C24H21N2.C13H24O2.Ir/c1-2-6-17(5-1)13-18-9-12-22-23(14-18)25-16-26-24(22)21-11-10-19-7-3-4-8-20(19)15-21;1-5-10(6-2)12(14)9-13(15)11(7-3)8-4;/h3-4,7-12,14,16-17H,1-2,5-6,13H2;9-11,14H,5-8H2,1-4H3;/q-1;;/b;12-9-;. The molecule has 1 heterocycles. The summed E-state index contributed by atoms with van der Waals surface area (Å²) in [6.07, 6.45) is 13.3. The van der Waals surface area contributed by atoms with Crippen LogP contribution >= 0.6 is 0 Å². The van der Waals surface area contributed by atoms with E-state index < -0.39 is 0 Å². The zero-order valence-electron chi connectivity index (χ0n) is 25.5. The van der Waals surface area contributed by atoms with Gasteiger partial charge in [-0.25, -0.2) is 4.98 Å². The average Bonchev–Trinajstić information content (AvgIpc) is 3.51. The molecule has 5 heteroatoms. The molecule has 1 fully saturated rings. The van der Waals surface area contributed by atoms with Gasteiger partial charge >= 0.3 is 0 Å². The number of hydrogen-bond acceptors (Lipinski definition) is 4. The first-order valence-electron chi connectivity index (χ1n) is 15.6.